The minimum Gasteiger partial charge on any atom is -0.487 e. The molecule has 0 aliphatic heterocycles. The second-order valence-electron chi connectivity index (χ2n) is 7.27. The van der Waals surface area contributed by atoms with Crippen molar-refractivity contribution in [2.75, 3.05) is 6.61 Å². The van der Waals surface area contributed by atoms with Crippen LogP contribution in [0.3, 0.4) is 0 Å². The standard InChI is InChI=1S/C22H44OS/c1-3-5-6-7-8-9-10-11-12-13-14-15-16-17-18-19-21-23-22(24)20-4-2/h3-21H2,1-2H3. The highest BCUT2D eigenvalue weighted by molar-refractivity contribution is 7.80. The molecule has 0 rings (SSSR count). The fraction of sp³-hybridized carbons (Fsp3) is 0.955. The molecule has 0 saturated heterocycles. The Kier molecular flexibility index (Phi) is 20.8. The molecule has 0 unspecified atom stereocenters. The van der Waals surface area contributed by atoms with Crippen LogP contribution in [-0.2, 0) is 4.74 Å². The van der Waals surface area contributed by atoms with E-state index in [0.29, 0.717) is 0 Å². The highest BCUT2D eigenvalue weighted by Gasteiger charge is 1.97. The molecule has 2 heteroatoms. The Labute approximate surface area is 158 Å². The number of hydrogen-bond acceptors (Lipinski definition) is 2. The van der Waals surface area contributed by atoms with Crippen LogP contribution in [0, 0.1) is 0 Å². The molecule has 0 aliphatic carbocycles. The van der Waals surface area contributed by atoms with E-state index in [4.69, 9.17) is 17.0 Å². The lowest BCUT2D eigenvalue weighted by Crippen LogP contribution is -2.02. The predicted molar refractivity (Wildman–Crippen MR) is 113 cm³/mol. The van der Waals surface area contributed by atoms with E-state index in [2.05, 4.69) is 13.8 Å². The third kappa shape index (κ3) is 19.9. The van der Waals surface area contributed by atoms with Crippen LogP contribution in [0.25, 0.3) is 0 Å². The summed E-state index contributed by atoms with van der Waals surface area (Å²) in [4.78, 5) is 0. The highest BCUT2D eigenvalue weighted by Crippen LogP contribution is 2.13. The summed E-state index contributed by atoms with van der Waals surface area (Å²) in [5.41, 5.74) is 0. The first kappa shape index (κ1) is 23.9. The Balaban J connectivity index is 3.01. The minimum atomic E-state index is 0.804. The monoisotopic (exact) mass is 356 g/mol. The Bertz CT molecular complexity index is 252. The lowest BCUT2D eigenvalue weighted by molar-refractivity contribution is 0.291. The van der Waals surface area contributed by atoms with Crippen molar-refractivity contribution in [3.8, 4) is 0 Å². The van der Waals surface area contributed by atoms with Crippen molar-refractivity contribution in [3.05, 3.63) is 0 Å². The van der Waals surface area contributed by atoms with E-state index >= 15 is 0 Å². The van der Waals surface area contributed by atoms with Crippen LogP contribution < -0.4 is 0 Å². The fourth-order valence-corrected chi connectivity index (χ4v) is 3.40. The molecule has 0 N–H and O–H groups in total. The fourth-order valence-electron chi connectivity index (χ4n) is 3.11. The van der Waals surface area contributed by atoms with Crippen molar-refractivity contribution in [1.82, 2.24) is 0 Å². The van der Waals surface area contributed by atoms with Crippen molar-refractivity contribution in [3.63, 3.8) is 0 Å². The van der Waals surface area contributed by atoms with Crippen molar-refractivity contribution in [1.29, 1.82) is 0 Å². The van der Waals surface area contributed by atoms with Crippen molar-refractivity contribution in [2.45, 2.75) is 129 Å². The first-order chi connectivity index (χ1) is 11.8. The molecule has 0 aliphatic rings. The summed E-state index contributed by atoms with van der Waals surface area (Å²) >= 11 is 5.14. The molecule has 0 aromatic heterocycles. The normalized spacial score (nSPS) is 10.9. The van der Waals surface area contributed by atoms with E-state index < -0.39 is 0 Å². The zero-order valence-electron chi connectivity index (χ0n) is 16.8. The van der Waals surface area contributed by atoms with Crippen molar-refractivity contribution >= 4 is 17.3 Å². The first-order valence-electron chi connectivity index (χ1n) is 11.0. The van der Waals surface area contributed by atoms with Gasteiger partial charge in [0.1, 0.15) is 0 Å². The lowest BCUT2D eigenvalue weighted by Gasteiger charge is -2.06. The average molecular weight is 357 g/mol. The lowest BCUT2D eigenvalue weighted by atomic mass is 10.0. The van der Waals surface area contributed by atoms with Crippen LogP contribution in [0.1, 0.15) is 129 Å². The maximum atomic E-state index is 5.53. The molecule has 0 aromatic carbocycles. The van der Waals surface area contributed by atoms with Gasteiger partial charge in [-0.3, -0.25) is 0 Å². The molecule has 1 nitrogen and oxygen atoms in total. The van der Waals surface area contributed by atoms with Gasteiger partial charge in [-0.1, -0.05) is 110 Å². The van der Waals surface area contributed by atoms with Gasteiger partial charge in [0.25, 0.3) is 0 Å². The number of thiocarbonyl (C=S) groups is 1. The van der Waals surface area contributed by atoms with Gasteiger partial charge in [0.15, 0.2) is 5.05 Å². The van der Waals surface area contributed by atoms with Gasteiger partial charge in [0, 0.05) is 6.42 Å². The predicted octanol–water partition coefficient (Wildman–Crippen LogP) is 8.39. The summed E-state index contributed by atoms with van der Waals surface area (Å²) < 4.78 is 5.53. The Morgan fingerprint density at radius 2 is 0.917 bits per heavy atom. The number of unbranched alkanes of at least 4 members (excludes halogenated alkanes) is 15. The van der Waals surface area contributed by atoms with E-state index in [0.717, 1.165) is 24.5 Å². The molecule has 0 bridgehead atoms. The van der Waals surface area contributed by atoms with Crippen LogP contribution in [0.2, 0.25) is 0 Å². The summed E-state index contributed by atoms with van der Waals surface area (Å²) in [5.74, 6) is 0. The van der Waals surface area contributed by atoms with Crippen LogP contribution in [-0.4, -0.2) is 11.7 Å². The van der Waals surface area contributed by atoms with Crippen LogP contribution >= 0.6 is 12.2 Å². The second-order valence-corrected chi connectivity index (χ2v) is 7.73. The SMILES string of the molecule is CCCCCCCCCCCCCCCCCCOC(=S)CCC. The molecule has 0 amide bonds. The quantitative estimate of drug-likeness (QED) is 0.170. The summed E-state index contributed by atoms with van der Waals surface area (Å²) in [6, 6.07) is 0. The van der Waals surface area contributed by atoms with Crippen LogP contribution in [0.15, 0.2) is 0 Å². The minimum absolute atomic E-state index is 0.804. The summed E-state index contributed by atoms with van der Waals surface area (Å²) in [7, 11) is 0. The molecule has 0 radical (unpaired) electrons. The average Bonchev–Trinajstić information content (AvgIpc) is 2.58. The molecule has 0 saturated carbocycles. The number of ether oxygens (including phenoxy) is 1. The summed E-state index contributed by atoms with van der Waals surface area (Å²) in [5, 5.41) is 0.804. The molecule has 0 heterocycles. The molecule has 0 spiro atoms. The maximum absolute atomic E-state index is 5.53. The van der Waals surface area contributed by atoms with Crippen LogP contribution in [0.5, 0.6) is 0 Å². The molecular formula is C22H44OS. The Hall–Kier alpha value is -0.110. The van der Waals surface area contributed by atoms with Gasteiger partial charge in [0.2, 0.25) is 0 Å². The topological polar surface area (TPSA) is 9.23 Å². The van der Waals surface area contributed by atoms with Gasteiger partial charge in [-0.15, -0.1) is 0 Å². The van der Waals surface area contributed by atoms with Gasteiger partial charge < -0.3 is 4.74 Å². The molecule has 0 aromatic rings. The largest absolute Gasteiger partial charge is 0.487 e. The zero-order valence-corrected chi connectivity index (χ0v) is 17.6. The van der Waals surface area contributed by atoms with E-state index in [1.54, 1.807) is 0 Å². The van der Waals surface area contributed by atoms with Crippen molar-refractivity contribution < 1.29 is 4.74 Å². The van der Waals surface area contributed by atoms with E-state index in [-0.39, 0.29) is 0 Å². The Morgan fingerprint density at radius 1 is 0.542 bits per heavy atom. The molecule has 0 fully saturated rings. The van der Waals surface area contributed by atoms with Crippen LogP contribution in [0.4, 0.5) is 0 Å². The highest BCUT2D eigenvalue weighted by atomic mass is 32.1. The van der Waals surface area contributed by atoms with E-state index in [1.807, 2.05) is 0 Å². The van der Waals surface area contributed by atoms with Gasteiger partial charge in [-0.25, -0.2) is 0 Å². The third-order valence-corrected chi connectivity index (χ3v) is 5.04. The van der Waals surface area contributed by atoms with E-state index in [9.17, 15) is 0 Å². The zero-order chi connectivity index (χ0) is 17.7. The summed E-state index contributed by atoms with van der Waals surface area (Å²) in [6.07, 6.45) is 24.6. The maximum Gasteiger partial charge on any atom is 0.159 e. The first-order valence-corrected chi connectivity index (χ1v) is 11.4. The number of hydrogen-bond donors (Lipinski definition) is 0. The third-order valence-electron chi connectivity index (χ3n) is 4.72. The Morgan fingerprint density at radius 3 is 1.29 bits per heavy atom. The van der Waals surface area contributed by atoms with Gasteiger partial charge in [0.05, 0.1) is 6.61 Å². The van der Waals surface area contributed by atoms with Gasteiger partial charge in [-0.2, -0.15) is 0 Å². The molecule has 24 heavy (non-hydrogen) atoms. The smallest absolute Gasteiger partial charge is 0.159 e. The van der Waals surface area contributed by atoms with Gasteiger partial charge in [-0.05, 0) is 25.1 Å². The summed E-state index contributed by atoms with van der Waals surface area (Å²) in [6.45, 7) is 5.26. The van der Waals surface area contributed by atoms with Gasteiger partial charge >= 0.3 is 0 Å². The molecule has 0 atom stereocenters. The van der Waals surface area contributed by atoms with Crippen molar-refractivity contribution in [2.24, 2.45) is 0 Å². The molecule has 144 valence electrons. The number of rotatable bonds is 19. The molecular weight excluding hydrogens is 312 g/mol. The van der Waals surface area contributed by atoms with E-state index in [1.165, 1.54) is 103 Å². The second kappa shape index (κ2) is 20.9.